The first-order valence-corrected chi connectivity index (χ1v) is 12.6. The molecule has 31 heavy (non-hydrogen) atoms. The standard InChI is InChI=1S/C24H33N3O3S/c1-18-7-10-23(30-3)24(15-18)31(28,29)25-17-22(27-12-5-4-6-13-27)19-8-9-21-20(16-19)11-14-26(21)2/h7-10,15-16,22,25H,4-6,11-14,17H2,1-3H3. The molecule has 0 aliphatic carbocycles. The molecule has 2 aliphatic heterocycles. The molecule has 4 rings (SSSR count). The molecule has 2 aliphatic rings. The van der Waals surface area contributed by atoms with Gasteiger partial charge in [-0.2, -0.15) is 0 Å². The van der Waals surface area contributed by atoms with Gasteiger partial charge in [0.05, 0.1) is 7.11 Å². The summed E-state index contributed by atoms with van der Waals surface area (Å²) in [6.07, 6.45) is 4.59. The predicted octanol–water partition coefficient (Wildman–Crippen LogP) is 3.50. The third kappa shape index (κ3) is 4.73. The molecule has 7 heteroatoms. The van der Waals surface area contributed by atoms with Crippen molar-refractivity contribution in [2.75, 3.05) is 45.2 Å². The summed E-state index contributed by atoms with van der Waals surface area (Å²) in [6, 6.07) is 11.9. The number of nitrogens with zero attached hydrogens (tertiary/aromatic N) is 2. The van der Waals surface area contributed by atoms with Gasteiger partial charge in [-0.3, -0.25) is 4.90 Å². The summed E-state index contributed by atoms with van der Waals surface area (Å²) >= 11 is 0. The number of likely N-dealkylation sites (N-methyl/N-ethyl adjacent to an activating group) is 1. The van der Waals surface area contributed by atoms with Crippen LogP contribution in [0.25, 0.3) is 0 Å². The van der Waals surface area contributed by atoms with E-state index < -0.39 is 10.0 Å². The van der Waals surface area contributed by atoms with Crippen LogP contribution in [0.2, 0.25) is 0 Å². The maximum Gasteiger partial charge on any atom is 0.244 e. The van der Waals surface area contributed by atoms with Crippen molar-refractivity contribution < 1.29 is 13.2 Å². The smallest absolute Gasteiger partial charge is 0.244 e. The Morgan fingerprint density at radius 3 is 2.58 bits per heavy atom. The van der Waals surface area contributed by atoms with Crippen molar-refractivity contribution in [2.24, 2.45) is 0 Å². The van der Waals surface area contributed by atoms with Crippen molar-refractivity contribution in [3.63, 3.8) is 0 Å². The summed E-state index contributed by atoms with van der Waals surface area (Å²) in [6.45, 7) is 5.26. The molecule has 6 nitrogen and oxygen atoms in total. The highest BCUT2D eigenvalue weighted by Gasteiger charge is 2.27. The highest BCUT2D eigenvalue weighted by molar-refractivity contribution is 7.89. The van der Waals surface area contributed by atoms with E-state index in [4.69, 9.17) is 4.74 Å². The number of anilines is 1. The lowest BCUT2D eigenvalue weighted by Crippen LogP contribution is -2.40. The molecule has 0 saturated carbocycles. The molecule has 1 fully saturated rings. The minimum Gasteiger partial charge on any atom is -0.495 e. The first-order chi connectivity index (χ1) is 14.9. The maximum atomic E-state index is 13.2. The number of hydrogen-bond acceptors (Lipinski definition) is 5. The second kappa shape index (κ2) is 9.18. The van der Waals surface area contributed by atoms with E-state index in [1.54, 1.807) is 12.1 Å². The maximum absolute atomic E-state index is 13.2. The Kier molecular flexibility index (Phi) is 6.55. The summed E-state index contributed by atoms with van der Waals surface area (Å²) in [4.78, 5) is 4.91. The molecule has 1 saturated heterocycles. The van der Waals surface area contributed by atoms with Gasteiger partial charge in [0.2, 0.25) is 10.0 Å². The van der Waals surface area contributed by atoms with Gasteiger partial charge in [0.25, 0.3) is 0 Å². The van der Waals surface area contributed by atoms with Gasteiger partial charge in [-0.25, -0.2) is 13.1 Å². The SMILES string of the molecule is COc1ccc(C)cc1S(=O)(=O)NCC(c1ccc2c(c1)CCN2C)N1CCCCC1. The second-order valence-corrected chi connectivity index (χ2v) is 10.4. The zero-order valence-corrected chi connectivity index (χ0v) is 19.5. The van der Waals surface area contributed by atoms with E-state index in [2.05, 4.69) is 39.8 Å². The largest absolute Gasteiger partial charge is 0.495 e. The van der Waals surface area contributed by atoms with E-state index in [0.717, 1.165) is 44.5 Å². The number of rotatable bonds is 7. The number of aryl methyl sites for hydroxylation is 1. The molecule has 1 atom stereocenters. The molecule has 0 amide bonds. The number of fused-ring (bicyclic) bond motifs is 1. The Hall–Kier alpha value is -2.09. The molecule has 0 bridgehead atoms. The van der Waals surface area contributed by atoms with Crippen molar-refractivity contribution in [3.8, 4) is 5.75 Å². The van der Waals surface area contributed by atoms with Crippen LogP contribution in [-0.2, 0) is 16.4 Å². The van der Waals surface area contributed by atoms with Gasteiger partial charge in [0.1, 0.15) is 10.6 Å². The summed E-state index contributed by atoms with van der Waals surface area (Å²) in [7, 11) is -0.0737. The first-order valence-electron chi connectivity index (χ1n) is 11.1. The number of likely N-dealkylation sites (tertiary alicyclic amines) is 1. The zero-order valence-electron chi connectivity index (χ0n) is 18.7. The number of methoxy groups -OCH3 is 1. The number of ether oxygens (including phenoxy) is 1. The summed E-state index contributed by atoms with van der Waals surface area (Å²) in [5.41, 5.74) is 4.71. The molecule has 2 heterocycles. The minimum atomic E-state index is -3.70. The van der Waals surface area contributed by atoms with Crippen LogP contribution in [0.15, 0.2) is 41.3 Å². The number of sulfonamides is 1. The lowest BCUT2D eigenvalue weighted by atomic mass is 9.99. The van der Waals surface area contributed by atoms with Crippen LogP contribution in [0.1, 0.15) is 42.0 Å². The van der Waals surface area contributed by atoms with Gasteiger partial charge >= 0.3 is 0 Å². The molecule has 1 unspecified atom stereocenters. The third-order valence-corrected chi connectivity index (χ3v) is 7.97. The van der Waals surface area contributed by atoms with Gasteiger partial charge in [-0.15, -0.1) is 0 Å². The van der Waals surface area contributed by atoms with Gasteiger partial charge in [0, 0.05) is 31.9 Å². The van der Waals surface area contributed by atoms with Crippen LogP contribution in [-0.4, -0.2) is 53.7 Å². The van der Waals surface area contributed by atoms with Crippen molar-refractivity contribution in [2.45, 2.75) is 43.5 Å². The molecule has 2 aromatic rings. The topological polar surface area (TPSA) is 61.9 Å². The fourth-order valence-corrected chi connectivity index (χ4v) is 6.03. The number of piperidine rings is 1. The lowest BCUT2D eigenvalue weighted by Gasteiger charge is -2.35. The number of hydrogen-bond donors (Lipinski definition) is 1. The van der Waals surface area contributed by atoms with Gasteiger partial charge in [0.15, 0.2) is 0 Å². The van der Waals surface area contributed by atoms with E-state index >= 15 is 0 Å². The van der Waals surface area contributed by atoms with Crippen LogP contribution < -0.4 is 14.4 Å². The van der Waals surface area contributed by atoms with E-state index in [1.807, 2.05) is 13.0 Å². The number of nitrogens with one attached hydrogen (secondary N) is 1. The van der Waals surface area contributed by atoms with Crippen LogP contribution in [0.3, 0.4) is 0 Å². The number of benzene rings is 2. The average molecular weight is 444 g/mol. The van der Waals surface area contributed by atoms with Crippen molar-refractivity contribution in [1.29, 1.82) is 0 Å². The Morgan fingerprint density at radius 2 is 1.84 bits per heavy atom. The van der Waals surface area contributed by atoms with E-state index in [9.17, 15) is 8.42 Å². The van der Waals surface area contributed by atoms with Gasteiger partial charge in [-0.1, -0.05) is 24.6 Å². The van der Waals surface area contributed by atoms with Crippen molar-refractivity contribution >= 4 is 15.7 Å². The van der Waals surface area contributed by atoms with Gasteiger partial charge in [-0.05, 0) is 74.2 Å². The molecule has 168 valence electrons. The van der Waals surface area contributed by atoms with Crippen molar-refractivity contribution in [1.82, 2.24) is 9.62 Å². The molecular formula is C24H33N3O3S. The molecule has 0 spiro atoms. The lowest BCUT2D eigenvalue weighted by molar-refractivity contribution is 0.164. The van der Waals surface area contributed by atoms with Crippen LogP contribution in [0.4, 0.5) is 5.69 Å². The molecule has 1 N–H and O–H groups in total. The highest BCUT2D eigenvalue weighted by Crippen LogP contribution is 2.32. The fourth-order valence-electron chi connectivity index (χ4n) is 4.74. The quantitative estimate of drug-likeness (QED) is 0.710. The third-order valence-electron chi connectivity index (χ3n) is 6.52. The molecule has 0 aromatic heterocycles. The monoisotopic (exact) mass is 443 g/mol. The Balaban J connectivity index is 1.61. The molecular weight excluding hydrogens is 410 g/mol. The predicted molar refractivity (Wildman–Crippen MR) is 125 cm³/mol. The fraction of sp³-hybridized carbons (Fsp3) is 0.500. The van der Waals surface area contributed by atoms with Crippen LogP contribution in [0, 0.1) is 6.92 Å². The van der Waals surface area contributed by atoms with Crippen molar-refractivity contribution in [3.05, 3.63) is 53.1 Å². The van der Waals surface area contributed by atoms with Crippen LogP contribution >= 0.6 is 0 Å². The second-order valence-electron chi connectivity index (χ2n) is 8.68. The highest BCUT2D eigenvalue weighted by atomic mass is 32.2. The zero-order chi connectivity index (χ0) is 22.0. The van der Waals surface area contributed by atoms with E-state index in [-0.39, 0.29) is 10.9 Å². The summed E-state index contributed by atoms with van der Waals surface area (Å²) in [5, 5.41) is 0. The Morgan fingerprint density at radius 1 is 1.06 bits per heavy atom. The molecule has 2 aromatic carbocycles. The van der Waals surface area contributed by atoms with E-state index in [1.165, 1.54) is 30.3 Å². The van der Waals surface area contributed by atoms with Crippen LogP contribution in [0.5, 0.6) is 5.75 Å². The Labute approximate surface area is 186 Å². The van der Waals surface area contributed by atoms with Gasteiger partial charge < -0.3 is 9.64 Å². The van der Waals surface area contributed by atoms with E-state index in [0.29, 0.717) is 12.3 Å². The normalized spacial score (nSPS) is 18.1. The molecule has 0 radical (unpaired) electrons. The average Bonchev–Trinajstić information content (AvgIpc) is 3.15. The minimum absolute atomic E-state index is 0.0158. The first kappa shape index (κ1) is 22.1. The summed E-state index contributed by atoms with van der Waals surface area (Å²) < 4.78 is 34.6. The summed E-state index contributed by atoms with van der Waals surface area (Å²) in [5.74, 6) is 0.369. The Bertz CT molecular complexity index is 1030.